The molecule has 0 aliphatic heterocycles. The molecule has 2 heteroatoms. The fraction of sp³-hybridized carbons (Fsp3) is 0.118. The summed E-state index contributed by atoms with van der Waals surface area (Å²) in [6.45, 7) is 4.02. The van der Waals surface area contributed by atoms with E-state index in [9.17, 15) is 0 Å². The highest BCUT2D eigenvalue weighted by Crippen LogP contribution is 2.17. The van der Waals surface area contributed by atoms with Gasteiger partial charge in [-0.05, 0) is 25.0 Å². The van der Waals surface area contributed by atoms with Crippen LogP contribution in [0.2, 0.25) is 0 Å². The number of nitrogens with zero attached hydrogens (tertiary/aromatic N) is 1. The van der Waals surface area contributed by atoms with Crippen LogP contribution >= 0.6 is 11.3 Å². The highest BCUT2D eigenvalue weighted by atomic mass is 32.1. The molecule has 0 aliphatic rings. The first kappa shape index (κ1) is 13.5. The molecule has 1 nitrogen and oxygen atoms in total. The van der Waals surface area contributed by atoms with Gasteiger partial charge in [0.2, 0.25) is 0 Å². The summed E-state index contributed by atoms with van der Waals surface area (Å²) in [7, 11) is 0. The van der Waals surface area contributed by atoms with Crippen LogP contribution in [0, 0.1) is 13.8 Å². The summed E-state index contributed by atoms with van der Waals surface area (Å²) >= 11 is 1.69. The van der Waals surface area contributed by atoms with Crippen molar-refractivity contribution in [1.29, 1.82) is 0 Å². The van der Waals surface area contributed by atoms with E-state index in [1.54, 1.807) is 11.3 Å². The van der Waals surface area contributed by atoms with Gasteiger partial charge in [-0.25, -0.2) is 4.98 Å². The zero-order valence-corrected chi connectivity index (χ0v) is 12.0. The van der Waals surface area contributed by atoms with Gasteiger partial charge < -0.3 is 0 Å². The van der Waals surface area contributed by atoms with E-state index in [4.69, 9.17) is 0 Å². The molecule has 0 spiro atoms. The van der Waals surface area contributed by atoms with Crippen molar-refractivity contribution in [3.05, 3.63) is 76.7 Å². The summed E-state index contributed by atoms with van der Waals surface area (Å²) in [5.74, 6) is 0. The Morgan fingerprint density at radius 3 is 1.47 bits per heavy atom. The minimum atomic E-state index is 1.13. The molecule has 0 fully saturated rings. The second-order valence-corrected chi connectivity index (χ2v) is 5.30. The third-order valence-corrected chi connectivity index (χ3v) is 3.51. The maximum atomic E-state index is 4.13. The molecule has 96 valence electrons. The number of rotatable bonds is 1. The lowest BCUT2D eigenvalue weighted by atomic mass is 10.1. The van der Waals surface area contributed by atoms with E-state index in [2.05, 4.69) is 58.9 Å². The van der Waals surface area contributed by atoms with Gasteiger partial charge in [-0.1, -0.05) is 60.7 Å². The smallest absolute Gasteiger partial charge is 0.0897 e. The van der Waals surface area contributed by atoms with E-state index in [-0.39, 0.29) is 0 Å². The van der Waals surface area contributed by atoms with Crippen LogP contribution in [-0.4, -0.2) is 4.98 Å². The van der Waals surface area contributed by atoms with Crippen LogP contribution in [0.15, 0.2) is 66.0 Å². The van der Waals surface area contributed by atoms with E-state index >= 15 is 0 Å². The van der Waals surface area contributed by atoms with Crippen LogP contribution < -0.4 is 0 Å². The molecule has 0 radical (unpaired) electrons. The van der Waals surface area contributed by atoms with Gasteiger partial charge in [-0.15, -0.1) is 11.3 Å². The maximum absolute atomic E-state index is 4.13. The fourth-order valence-electron chi connectivity index (χ4n) is 1.73. The van der Waals surface area contributed by atoms with Crippen LogP contribution in [0.3, 0.4) is 0 Å². The summed E-state index contributed by atoms with van der Waals surface area (Å²) in [5, 5.41) is 3.20. The molecule has 1 aromatic heterocycles. The summed E-state index contributed by atoms with van der Waals surface area (Å²) < 4.78 is 0. The number of aromatic nitrogens is 1. The van der Waals surface area contributed by atoms with Gasteiger partial charge in [0.1, 0.15) is 0 Å². The van der Waals surface area contributed by atoms with E-state index in [1.807, 2.05) is 26.0 Å². The van der Waals surface area contributed by atoms with Gasteiger partial charge in [0.05, 0.1) is 5.01 Å². The van der Waals surface area contributed by atoms with E-state index in [1.165, 1.54) is 11.1 Å². The molecule has 0 saturated carbocycles. The number of thiazole rings is 1. The molecule has 0 N–H and O–H groups in total. The molecule has 0 saturated heterocycles. The average Bonchev–Trinajstić information content (AvgIpc) is 2.85. The SMILES string of the molecule is Cc1csc(C)n1.c1ccc(-c2ccccc2)cc1. The zero-order chi connectivity index (χ0) is 13.5. The Morgan fingerprint density at radius 1 is 0.737 bits per heavy atom. The molecule has 0 unspecified atom stereocenters. The molecule has 3 aromatic rings. The normalized spacial score (nSPS) is 9.58. The molecule has 0 amide bonds. The highest BCUT2D eigenvalue weighted by Gasteiger charge is 1.91. The van der Waals surface area contributed by atoms with Crippen LogP contribution in [0.5, 0.6) is 0 Å². The number of hydrogen-bond donors (Lipinski definition) is 0. The highest BCUT2D eigenvalue weighted by molar-refractivity contribution is 7.09. The van der Waals surface area contributed by atoms with Crippen molar-refractivity contribution >= 4 is 11.3 Å². The average molecular weight is 267 g/mol. The van der Waals surface area contributed by atoms with Crippen LogP contribution in [-0.2, 0) is 0 Å². The Hall–Kier alpha value is -1.93. The second-order valence-electron chi connectivity index (χ2n) is 4.24. The molecule has 1 heterocycles. The summed E-state index contributed by atoms with van der Waals surface area (Å²) in [6.07, 6.45) is 0. The lowest BCUT2D eigenvalue weighted by Crippen LogP contribution is -1.73. The number of benzene rings is 2. The van der Waals surface area contributed by atoms with Gasteiger partial charge in [0.15, 0.2) is 0 Å². The Balaban J connectivity index is 0.000000163. The standard InChI is InChI=1S/C12H10.C5H7NS/c1-3-7-11(8-4-1)12-9-5-2-6-10-12;1-4-3-7-5(2)6-4/h1-10H;3H,1-2H3. The molecular weight excluding hydrogens is 250 g/mol. The van der Waals surface area contributed by atoms with E-state index < -0.39 is 0 Å². The van der Waals surface area contributed by atoms with Gasteiger partial charge in [0.25, 0.3) is 0 Å². The van der Waals surface area contributed by atoms with Crippen molar-refractivity contribution in [1.82, 2.24) is 4.98 Å². The van der Waals surface area contributed by atoms with Crippen molar-refractivity contribution in [2.75, 3.05) is 0 Å². The van der Waals surface area contributed by atoms with Gasteiger partial charge >= 0.3 is 0 Å². The molecule has 2 aromatic carbocycles. The third kappa shape index (κ3) is 4.34. The summed E-state index contributed by atoms with van der Waals surface area (Å²) in [5.41, 5.74) is 3.68. The van der Waals surface area contributed by atoms with Crippen LogP contribution in [0.25, 0.3) is 11.1 Å². The molecule has 19 heavy (non-hydrogen) atoms. The minimum Gasteiger partial charge on any atom is -0.247 e. The summed E-state index contributed by atoms with van der Waals surface area (Å²) in [6, 6.07) is 20.8. The molecule has 3 rings (SSSR count). The molecular formula is C17H17NS. The van der Waals surface area contributed by atoms with Gasteiger partial charge in [-0.2, -0.15) is 0 Å². The van der Waals surface area contributed by atoms with Crippen molar-refractivity contribution in [3.63, 3.8) is 0 Å². The fourth-order valence-corrected chi connectivity index (χ4v) is 2.32. The second kappa shape index (κ2) is 6.86. The van der Waals surface area contributed by atoms with Crippen LogP contribution in [0.4, 0.5) is 0 Å². The van der Waals surface area contributed by atoms with E-state index in [0.717, 1.165) is 10.7 Å². The molecule has 0 atom stereocenters. The lowest BCUT2D eigenvalue weighted by Gasteiger charge is -1.98. The third-order valence-electron chi connectivity index (χ3n) is 2.61. The van der Waals surface area contributed by atoms with Crippen molar-refractivity contribution in [2.45, 2.75) is 13.8 Å². The first-order valence-corrected chi connectivity index (χ1v) is 7.13. The first-order chi connectivity index (χ1) is 9.25. The Labute approximate surface area is 118 Å². The van der Waals surface area contributed by atoms with E-state index in [0.29, 0.717) is 0 Å². The van der Waals surface area contributed by atoms with Gasteiger partial charge in [-0.3, -0.25) is 0 Å². The maximum Gasteiger partial charge on any atom is 0.0897 e. The largest absolute Gasteiger partial charge is 0.247 e. The zero-order valence-electron chi connectivity index (χ0n) is 11.2. The molecule has 0 aliphatic carbocycles. The first-order valence-electron chi connectivity index (χ1n) is 6.25. The summed E-state index contributed by atoms with van der Waals surface area (Å²) in [4.78, 5) is 4.13. The minimum absolute atomic E-state index is 1.13. The lowest BCUT2D eigenvalue weighted by molar-refractivity contribution is 1.20. The number of hydrogen-bond acceptors (Lipinski definition) is 2. The monoisotopic (exact) mass is 267 g/mol. The molecule has 0 bridgehead atoms. The van der Waals surface area contributed by atoms with Gasteiger partial charge in [0, 0.05) is 11.1 Å². The van der Waals surface area contributed by atoms with Crippen molar-refractivity contribution in [2.24, 2.45) is 0 Å². The van der Waals surface area contributed by atoms with Crippen molar-refractivity contribution < 1.29 is 0 Å². The topological polar surface area (TPSA) is 12.9 Å². The van der Waals surface area contributed by atoms with Crippen molar-refractivity contribution in [3.8, 4) is 11.1 Å². The Morgan fingerprint density at radius 2 is 1.21 bits per heavy atom. The number of aryl methyl sites for hydroxylation is 2. The quantitative estimate of drug-likeness (QED) is 0.596. The Kier molecular flexibility index (Phi) is 4.87. The van der Waals surface area contributed by atoms with Crippen LogP contribution in [0.1, 0.15) is 10.7 Å². The Bertz CT molecular complexity index is 545. The predicted octanol–water partition coefficient (Wildman–Crippen LogP) is 5.11. The predicted molar refractivity (Wildman–Crippen MR) is 83.5 cm³/mol.